The SMILES string of the molecule is Cc1cncc(C(N)c2ncc(Cl)cc2Cl)c1. The van der Waals surface area contributed by atoms with E-state index in [1.165, 1.54) is 6.20 Å². The summed E-state index contributed by atoms with van der Waals surface area (Å²) in [7, 11) is 0. The van der Waals surface area contributed by atoms with E-state index in [9.17, 15) is 0 Å². The van der Waals surface area contributed by atoms with E-state index >= 15 is 0 Å². The lowest BCUT2D eigenvalue weighted by molar-refractivity contribution is 0.821. The van der Waals surface area contributed by atoms with Crippen LogP contribution in [0.3, 0.4) is 0 Å². The van der Waals surface area contributed by atoms with E-state index < -0.39 is 6.04 Å². The van der Waals surface area contributed by atoms with E-state index in [0.29, 0.717) is 15.7 Å². The summed E-state index contributed by atoms with van der Waals surface area (Å²) in [5, 5.41) is 0.958. The predicted octanol–water partition coefficient (Wildman–Crippen LogP) is 3.14. The lowest BCUT2D eigenvalue weighted by Crippen LogP contribution is -2.14. The standard InChI is InChI=1S/C12H11Cl2N3/c1-7-2-8(5-16-4-7)11(15)12-10(14)3-9(13)6-17-12/h2-6,11H,15H2,1H3. The zero-order valence-electron chi connectivity index (χ0n) is 9.19. The molecule has 3 nitrogen and oxygen atoms in total. The van der Waals surface area contributed by atoms with Gasteiger partial charge >= 0.3 is 0 Å². The van der Waals surface area contributed by atoms with Gasteiger partial charge in [-0.05, 0) is 24.1 Å². The van der Waals surface area contributed by atoms with Crippen molar-refractivity contribution in [3.8, 4) is 0 Å². The van der Waals surface area contributed by atoms with Crippen LogP contribution in [0.25, 0.3) is 0 Å². The van der Waals surface area contributed by atoms with Gasteiger partial charge in [0.2, 0.25) is 0 Å². The first kappa shape index (κ1) is 12.3. The molecule has 0 aliphatic carbocycles. The highest BCUT2D eigenvalue weighted by molar-refractivity contribution is 6.34. The van der Waals surface area contributed by atoms with Crippen molar-refractivity contribution in [1.29, 1.82) is 0 Å². The van der Waals surface area contributed by atoms with Gasteiger partial charge in [0.1, 0.15) is 0 Å². The molecule has 2 aromatic rings. The molecule has 0 aliphatic heterocycles. The summed E-state index contributed by atoms with van der Waals surface area (Å²) >= 11 is 11.9. The maximum Gasteiger partial charge on any atom is 0.0803 e. The number of nitrogens with zero attached hydrogens (tertiary/aromatic N) is 2. The Kier molecular flexibility index (Phi) is 3.62. The van der Waals surface area contributed by atoms with Crippen LogP contribution < -0.4 is 5.73 Å². The molecular weight excluding hydrogens is 257 g/mol. The van der Waals surface area contributed by atoms with Crippen LogP contribution in [0.5, 0.6) is 0 Å². The Labute approximate surface area is 110 Å². The molecule has 17 heavy (non-hydrogen) atoms. The van der Waals surface area contributed by atoms with Gasteiger partial charge in [0.05, 0.1) is 21.8 Å². The number of pyridine rings is 2. The molecule has 0 bridgehead atoms. The van der Waals surface area contributed by atoms with Gasteiger partial charge in [-0.2, -0.15) is 0 Å². The lowest BCUT2D eigenvalue weighted by Gasteiger charge is -2.13. The fourth-order valence-electron chi connectivity index (χ4n) is 1.56. The summed E-state index contributed by atoms with van der Waals surface area (Å²) in [4.78, 5) is 8.27. The van der Waals surface area contributed by atoms with Crippen molar-refractivity contribution in [2.24, 2.45) is 5.73 Å². The third kappa shape index (κ3) is 2.75. The van der Waals surface area contributed by atoms with Crippen LogP contribution in [0.2, 0.25) is 10.0 Å². The zero-order valence-corrected chi connectivity index (χ0v) is 10.7. The van der Waals surface area contributed by atoms with E-state index in [0.717, 1.165) is 11.1 Å². The maximum atomic E-state index is 6.11. The smallest absolute Gasteiger partial charge is 0.0803 e. The highest BCUT2D eigenvalue weighted by atomic mass is 35.5. The van der Waals surface area contributed by atoms with Crippen LogP contribution in [-0.4, -0.2) is 9.97 Å². The predicted molar refractivity (Wildman–Crippen MR) is 69.3 cm³/mol. The number of aryl methyl sites for hydroxylation is 1. The monoisotopic (exact) mass is 267 g/mol. The second-order valence-electron chi connectivity index (χ2n) is 3.79. The molecule has 0 fully saturated rings. The quantitative estimate of drug-likeness (QED) is 0.910. The summed E-state index contributed by atoms with van der Waals surface area (Å²) in [5.41, 5.74) is 8.63. The van der Waals surface area contributed by atoms with Crippen LogP contribution >= 0.6 is 23.2 Å². The van der Waals surface area contributed by atoms with Crippen molar-refractivity contribution in [3.63, 3.8) is 0 Å². The van der Waals surface area contributed by atoms with E-state index in [-0.39, 0.29) is 0 Å². The molecule has 2 N–H and O–H groups in total. The molecule has 88 valence electrons. The number of hydrogen-bond acceptors (Lipinski definition) is 3. The summed E-state index contributed by atoms with van der Waals surface area (Å²) in [6.45, 7) is 1.96. The minimum atomic E-state index is -0.396. The topological polar surface area (TPSA) is 51.8 Å². The summed E-state index contributed by atoms with van der Waals surface area (Å²) in [6, 6.07) is 3.20. The number of halogens is 2. The van der Waals surface area contributed by atoms with Gasteiger partial charge in [-0.25, -0.2) is 0 Å². The number of rotatable bonds is 2. The van der Waals surface area contributed by atoms with Gasteiger partial charge in [0.15, 0.2) is 0 Å². The van der Waals surface area contributed by atoms with Gasteiger partial charge in [-0.15, -0.1) is 0 Å². The molecule has 0 spiro atoms. The van der Waals surface area contributed by atoms with E-state index in [2.05, 4.69) is 9.97 Å². The Morgan fingerprint density at radius 1 is 1.18 bits per heavy atom. The molecule has 0 aromatic carbocycles. The minimum Gasteiger partial charge on any atom is -0.319 e. The molecule has 0 amide bonds. The van der Waals surface area contributed by atoms with Crippen LogP contribution in [0.1, 0.15) is 22.9 Å². The average molecular weight is 268 g/mol. The van der Waals surface area contributed by atoms with Crippen molar-refractivity contribution in [3.05, 3.63) is 57.6 Å². The van der Waals surface area contributed by atoms with Crippen molar-refractivity contribution in [2.45, 2.75) is 13.0 Å². The second-order valence-corrected chi connectivity index (χ2v) is 4.64. The minimum absolute atomic E-state index is 0.396. The molecular formula is C12H11Cl2N3. The molecule has 1 atom stereocenters. The highest BCUT2D eigenvalue weighted by Gasteiger charge is 2.14. The molecule has 0 saturated heterocycles. The third-order valence-corrected chi connectivity index (χ3v) is 2.90. The Balaban J connectivity index is 2.40. The van der Waals surface area contributed by atoms with Gasteiger partial charge in [0.25, 0.3) is 0 Å². The summed E-state index contributed by atoms with van der Waals surface area (Å²) < 4.78 is 0. The van der Waals surface area contributed by atoms with E-state index in [1.54, 1.807) is 18.5 Å². The molecule has 2 aromatic heterocycles. The normalized spacial score (nSPS) is 12.5. The number of hydrogen-bond donors (Lipinski definition) is 1. The van der Waals surface area contributed by atoms with Crippen LogP contribution in [0, 0.1) is 6.92 Å². The Morgan fingerprint density at radius 2 is 1.94 bits per heavy atom. The average Bonchev–Trinajstić information content (AvgIpc) is 2.28. The fraction of sp³-hybridized carbons (Fsp3) is 0.167. The number of aromatic nitrogens is 2. The molecule has 1 unspecified atom stereocenters. The van der Waals surface area contributed by atoms with Gasteiger partial charge in [-0.1, -0.05) is 29.3 Å². The van der Waals surface area contributed by atoms with Crippen molar-refractivity contribution < 1.29 is 0 Å². The van der Waals surface area contributed by atoms with Crippen molar-refractivity contribution >= 4 is 23.2 Å². The third-order valence-electron chi connectivity index (χ3n) is 2.39. The van der Waals surface area contributed by atoms with Crippen molar-refractivity contribution in [1.82, 2.24) is 9.97 Å². The first-order valence-corrected chi connectivity index (χ1v) is 5.81. The zero-order chi connectivity index (χ0) is 12.4. The summed E-state index contributed by atoms with van der Waals surface area (Å²) in [6.07, 6.45) is 5.02. The molecule has 2 heterocycles. The van der Waals surface area contributed by atoms with Gasteiger partial charge in [0, 0.05) is 18.6 Å². The summed E-state index contributed by atoms with van der Waals surface area (Å²) in [5.74, 6) is 0. The van der Waals surface area contributed by atoms with Gasteiger partial charge in [-0.3, -0.25) is 9.97 Å². The molecule has 5 heteroatoms. The Bertz CT molecular complexity index is 543. The molecule has 0 aliphatic rings. The van der Waals surface area contributed by atoms with E-state index in [4.69, 9.17) is 28.9 Å². The van der Waals surface area contributed by atoms with Crippen LogP contribution in [0.15, 0.2) is 30.7 Å². The first-order valence-electron chi connectivity index (χ1n) is 5.06. The van der Waals surface area contributed by atoms with Crippen LogP contribution in [-0.2, 0) is 0 Å². The fourth-order valence-corrected chi connectivity index (χ4v) is 2.06. The first-order chi connectivity index (χ1) is 8.08. The van der Waals surface area contributed by atoms with Crippen LogP contribution in [0.4, 0.5) is 0 Å². The highest BCUT2D eigenvalue weighted by Crippen LogP contribution is 2.26. The lowest BCUT2D eigenvalue weighted by atomic mass is 10.0. The largest absolute Gasteiger partial charge is 0.319 e. The molecule has 2 rings (SSSR count). The maximum absolute atomic E-state index is 6.11. The molecule has 0 radical (unpaired) electrons. The van der Waals surface area contributed by atoms with Crippen molar-refractivity contribution in [2.75, 3.05) is 0 Å². The second kappa shape index (κ2) is 5.00. The number of nitrogens with two attached hydrogens (primary N) is 1. The van der Waals surface area contributed by atoms with Gasteiger partial charge < -0.3 is 5.73 Å². The molecule has 0 saturated carbocycles. The van der Waals surface area contributed by atoms with E-state index in [1.807, 2.05) is 13.0 Å². The Morgan fingerprint density at radius 3 is 2.59 bits per heavy atom. The Hall–Kier alpha value is -1.16.